The van der Waals surface area contributed by atoms with Crippen LogP contribution in [0.25, 0.3) is 0 Å². The van der Waals surface area contributed by atoms with Gasteiger partial charge in [-0.2, -0.15) is 10.2 Å². The number of rotatable bonds is 13. The number of aryl methyl sites for hydroxylation is 1. The fourth-order valence-electron chi connectivity index (χ4n) is 4.27. The van der Waals surface area contributed by atoms with Gasteiger partial charge in [0.2, 0.25) is 5.91 Å². The number of carbonyl (C=O) groups excluding carboxylic acids is 2. The molecular formula is C32H41N5O3. The van der Waals surface area contributed by atoms with E-state index in [4.69, 9.17) is 5.73 Å². The zero-order chi connectivity index (χ0) is 29.1. The number of nitrogens with one attached hydrogen (secondary N) is 2. The first-order valence-electron chi connectivity index (χ1n) is 13.9. The summed E-state index contributed by atoms with van der Waals surface area (Å²) in [7, 11) is 0. The molecule has 0 radical (unpaired) electrons. The monoisotopic (exact) mass is 543 g/mol. The van der Waals surface area contributed by atoms with Crippen LogP contribution >= 0.6 is 0 Å². The van der Waals surface area contributed by atoms with Crippen molar-refractivity contribution in [2.45, 2.75) is 65.3 Å². The Labute approximate surface area is 237 Å². The lowest BCUT2D eigenvalue weighted by atomic mass is 9.90. The van der Waals surface area contributed by atoms with Crippen LogP contribution in [0.3, 0.4) is 0 Å². The minimum atomic E-state index is -0.172. The van der Waals surface area contributed by atoms with Gasteiger partial charge in [-0.3, -0.25) is 9.59 Å². The van der Waals surface area contributed by atoms with Gasteiger partial charge in [0.25, 0.3) is 5.91 Å². The van der Waals surface area contributed by atoms with Gasteiger partial charge in [0.05, 0.1) is 11.4 Å². The SMILES string of the molecule is CC(C)c1cc(CCCC(=O)NCc2ccc(/N=N/c3ccc(C(=O)NCCN)cc3)cc2)cc(C(C)C)c1O. The second kappa shape index (κ2) is 14.9. The first-order valence-corrected chi connectivity index (χ1v) is 13.9. The number of phenolic OH excluding ortho intramolecular Hbond substituents is 1. The van der Waals surface area contributed by atoms with Gasteiger partial charge in [-0.05, 0) is 83.3 Å². The molecule has 0 saturated carbocycles. The molecule has 0 unspecified atom stereocenters. The average molecular weight is 544 g/mol. The molecule has 0 aliphatic heterocycles. The summed E-state index contributed by atoms with van der Waals surface area (Å²) in [5.74, 6) is 0.714. The Bertz CT molecular complexity index is 1270. The van der Waals surface area contributed by atoms with Crippen molar-refractivity contribution in [2.75, 3.05) is 13.1 Å². The van der Waals surface area contributed by atoms with E-state index in [1.165, 1.54) is 0 Å². The number of phenols is 1. The Morgan fingerprint density at radius 3 is 1.90 bits per heavy atom. The molecule has 0 atom stereocenters. The number of nitrogens with zero attached hydrogens (tertiary/aromatic N) is 2. The number of hydrogen-bond donors (Lipinski definition) is 4. The van der Waals surface area contributed by atoms with Crippen LogP contribution in [0.15, 0.2) is 70.9 Å². The van der Waals surface area contributed by atoms with E-state index in [1.807, 2.05) is 24.3 Å². The molecule has 3 aromatic rings. The number of amides is 2. The van der Waals surface area contributed by atoms with Crippen molar-refractivity contribution in [1.82, 2.24) is 10.6 Å². The molecule has 8 nitrogen and oxygen atoms in total. The highest BCUT2D eigenvalue weighted by molar-refractivity contribution is 5.94. The first-order chi connectivity index (χ1) is 19.2. The minimum absolute atomic E-state index is 0.0101. The van der Waals surface area contributed by atoms with Gasteiger partial charge in [0.1, 0.15) is 5.75 Å². The molecule has 0 heterocycles. The predicted octanol–water partition coefficient (Wildman–Crippen LogP) is 6.38. The molecule has 0 aliphatic rings. The second-order valence-corrected chi connectivity index (χ2v) is 10.5. The van der Waals surface area contributed by atoms with Gasteiger partial charge in [0, 0.05) is 31.6 Å². The molecule has 40 heavy (non-hydrogen) atoms. The fourth-order valence-corrected chi connectivity index (χ4v) is 4.27. The highest BCUT2D eigenvalue weighted by atomic mass is 16.3. The molecule has 2 amide bonds. The summed E-state index contributed by atoms with van der Waals surface area (Å²) in [6, 6.07) is 18.5. The van der Waals surface area contributed by atoms with Gasteiger partial charge in [-0.1, -0.05) is 52.0 Å². The largest absolute Gasteiger partial charge is 0.507 e. The zero-order valence-corrected chi connectivity index (χ0v) is 23.9. The standard InChI is InChI=1S/C32H41N5O3/c1-21(2)28-18-24(19-29(22(3)4)31(28)39)6-5-7-30(38)35-20-23-8-12-26(13-9-23)36-37-27-14-10-25(11-15-27)32(40)34-17-16-33/h8-15,18-19,21-22,39H,5-7,16-17,20,33H2,1-4H3,(H,34,40)(H,35,38)/b37-36+. The van der Waals surface area contributed by atoms with Crippen LogP contribution in [-0.2, 0) is 17.8 Å². The van der Waals surface area contributed by atoms with Gasteiger partial charge >= 0.3 is 0 Å². The molecule has 3 aromatic carbocycles. The van der Waals surface area contributed by atoms with Gasteiger partial charge in [0.15, 0.2) is 0 Å². The maximum atomic E-state index is 12.4. The van der Waals surface area contributed by atoms with E-state index < -0.39 is 0 Å². The molecule has 0 aliphatic carbocycles. The number of azo groups is 1. The highest BCUT2D eigenvalue weighted by Crippen LogP contribution is 2.35. The van der Waals surface area contributed by atoms with Crippen LogP contribution < -0.4 is 16.4 Å². The number of carbonyl (C=O) groups is 2. The van der Waals surface area contributed by atoms with Crippen LogP contribution in [0, 0.1) is 0 Å². The van der Waals surface area contributed by atoms with E-state index in [1.54, 1.807) is 24.3 Å². The van der Waals surface area contributed by atoms with Gasteiger partial charge in [-0.25, -0.2) is 0 Å². The van der Waals surface area contributed by atoms with Crippen molar-refractivity contribution < 1.29 is 14.7 Å². The van der Waals surface area contributed by atoms with Crippen molar-refractivity contribution in [3.05, 3.63) is 88.5 Å². The summed E-state index contributed by atoms with van der Waals surface area (Å²) in [6.07, 6.45) is 1.97. The predicted molar refractivity (Wildman–Crippen MR) is 160 cm³/mol. The Morgan fingerprint density at radius 1 is 0.825 bits per heavy atom. The van der Waals surface area contributed by atoms with E-state index in [0.717, 1.165) is 35.1 Å². The summed E-state index contributed by atoms with van der Waals surface area (Å²) in [5, 5.41) is 24.8. The molecule has 3 rings (SSSR count). The van der Waals surface area contributed by atoms with E-state index in [0.29, 0.717) is 48.7 Å². The van der Waals surface area contributed by atoms with Crippen molar-refractivity contribution in [3.63, 3.8) is 0 Å². The Kier molecular flexibility index (Phi) is 11.4. The van der Waals surface area contributed by atoms with Crippen LogP contribution in [0.5, 0.6) is 5.75 Å². The van der Waals surface area contributed by atoms with Crippen molar-refractivity contribution >= 4 is 23.2 Å². The number of nitrogens with two attached hydrogens (primary N) is 1. The normalized spacial score (nSPS) is 11.4. The number of hydrogen-bond acceptors (Lipinski definition) is 6. The van der Waals surface area contributed by atoms with Crippen LogP contribution in [-0.4, -0.2) is 30.0 Å². The molecule has 0 fully saturated rings. The average Bonchev–Trinajstić information content (AvgIpc) is 2.94. The molecule has 212 valence electrons. The molecule has 0 aromatic heterocycles. The highest BCUT2D eigenvalue weighted by Gasteiger charge is 2.15. The van der Waals surface area contributed by atoms with Crippen LogP contribution in [0.1, 0.15) is 85.0 Å². The lowest BCUT2D eigenvalue weighted by molar-refractivity contribution is -0.121. The van der Waals surface area contributed by atoms with E-state index in [-0.39, 0.29) is 23.7 Å². The van der Waals surface area contributed by atoms with Crippen molar-refractivity contribution in [1.29, 1.82) is 0 Å². The first kappa shape index (κ1) is 30.5. The summed E-state index contributed by atoms with van der Waals surface area (Å²) >= 11 is 0. The zero-order valence-electron chi connectivity index (χ0n) is 23.9. The minimum Gasteiger partial charge on any atom is -0.507 e. The van der Waals surface area contributed by atoms with Gasteiger partial charge in [-0.15, -0.1) is 0 Å². The molecule has 0 bridgehead atoms. The summed E-state index contributed by atoms with van der Waals surface area (Å²) in [4.78, 5) is 24.4. The molecule has 8 heteroatoms. The second-order valence-electron chi connectivity index (χ2n) is 10.5. The van der Waals surface area contributed by atoms with Crippen LogP contribution in [0.2, 0.25) is 0 Å². The van der Waals surface area contributed by atoms with E-state index in [9.17, 15) is 14.7 Å². The number of aromatic hydroxyl groups is 1. The van der Waals surface area contributed by atoms with E-state index >= 15 is 0 Å². The lowest BCUT2D eigenvalue weighted by Gasteiger charge is -2.17. The molecule has 0 spiro atoms. The maximum Gasteiger partial charge on any atom is 0.251 e. The third-order valence-electron chi connectivity index (χ3n) is 6.61. The quantitative estimate of drug-likeness (QED) is 0.186. The fraction of sp³-hybridized carbons (Fsp3) is 0.375. The summed E-state index contributed by atoms with van der Waals surface area (Å²) in [6.45, 7) is 9.59. The Balaban J connectivity index is 1.45. The van der Waals surface area contributed by atoms with Crippen LogP contribution in [0.4, 0.5) is 11.4 Å². The molecular weight excluding hydrogens is 502 g/mol. The van der Waals surface area contributed by atoms with Crippen molar-refractivity contribution in [3.8, 4) is 5.75 Å². The topological polar surface area (TPSA) is 129 Å². The van der Waals surface area contributed by atoms with E-state index in [2.05, 4.69) is 60.7 Å². The Morgan fingerprint density at radius 2 is 1.38 bits per heavy atom. The van der Waals surface area contributed by atoms with Gasteiger partial charge < -0.3 is 21.5 Å². The third-order valence-corrected chi connectivity index (χ3v) is 6.61. The summed E-state index contributed by atoms with van der Waals surface area (Å²) in [5.41, 5.74) is 11.3. The summed E-state index contributed by atoms with van der Waals surface area (Å²) < 4.78 is 0. The molecule has 5 N–H and O–H groups in total. The number of benzene rings is 3. The third kappa shape index (κ3) is 9.02. The van der Waals surface area contributed by atoms with Crippen molar-refractivity contribution in [2.24, 2.45) is 16.0 Å². The molecule has 0 saturated heterocycles. The maximum absolute atomic E-state index is 12.4. The smallest absolute Gasteiger partial charge is 0.251 e. The lowest BCUT2D eigenvalue weighted by Crippen LogP contribution is -2.28. The Hall–Kier alpha value is -4.04.